The predicted octanol–water partition coefficient (Wildman–Crippen LogP) is -0.622. The molecule has 0 spiro atoms. The van der Waals surface area contributed by atoms with Gasteiger partial charge in [-0.3, -0.25) is 4.79 Å². The molecular weight excluding hydrogens is 167 g/mol. The molecule has 61 valence electrons. The van der Waals surface area contributed by atoms with Gasteiger partial charge in [-0.1, -0.05) is 0 Å². The average Bonchev–Trinajstić information content (AvgIpc) is 2.07. The summed E-state index contributed by atoms with van der Waals surface area (Å²) in [5, 5.41) is 8.24. The maximum atomic E-state index is 11.0. The van der Waals surface area contributed by atoms with Crippen molar-refractivity contribution in [2.45, 2.75) is 6.42 Å². The third-order valence-corrected chi connectivity index (χ3v) is 1.59. The number of hydrogen-bond donors (Lipinski definition) is 0. The van der Waals surface area contributed by atoms with Crippen LogP contribution in [-0.2, 0) is 9.53 Å². The molecule has 1 heterocycles. The molecule has 1 fully saturated rings. The Morgan fingerprint density at radius 2 is 2.08 bits per heavy atom. The van der Waals surface area contributed by atoms with Gasteiger partial charge in [0, 0.05) is 42.6 Å². The van der Waals surface area contributed by atoms with E-state index in [1.54, 1.807) is 4.90 Å². The Morgan fingerprint density at radius 1 is 1.50 bits per heavy atom. The van der Waals surface area contributed by atoms with Crippen molar-refractivity contribution in [2.75, 3.05) is 26.3 Å². The third-order valence-electron chi connectivity index (χ3n) is 1.59. The normalized spacial score (nSPS) is 16.1. The van der Waals surface area contributed by atoms with Crippen LogP contribution < -0.4 is 0 Å². The number of amides is 1. The van der Waals surface area contributed by atoms with Crippen LogP contribution in [0, 0.1) is 11.3 Å². The number of nitriles is 1. The van der Waals surface area contributed by atoms with E-state index in [4.69, 9.17) is 10.00 Å². The fourth-order valence-electron chi connectivity index (χ4n) is 0.992. The second kappa shape index (κ2) is 6.44. The molecule has 0 aliphatic carbocycles. The minimum atomic E-state index is -0.0872. The summed E-state index contributed by atoms with van der Waals surface area (Å²) in [5.41, 5.74) is 0. The third kappa shape index (κ3) is 3.55. The summed E-state index contributed by atoms with van der Waals surface area (Å²) >= 11 is 0. The van der Waals surface area contributed by atoms with Crippen LogP contribution in [-0.4, -0.2) is 66.7 Å². The van der Waals surface area contributed by atoms with Crippen LogP contribution in [0.4, 0.5) is 0 Å². The minimum absolute atomic E-state index is 0. The molecule has 0 unspecified atom stereocenters. The van der Waals surface area contributed by atoms with Gasteiger partial charge in [0.2, 0.25) is 5.91 Å². The summed E-state index contributed by atoms with van der Waals surface area (Å²) in [6.45, 7) is 2.44. The van der Waals surface area contributed by atoms with Crippen molar-refractivity contribution < 1.29 is 9.53 Å². The summed E-state index contributed by atoms with van der Waals surface area (Å²) in [4.78, 5) is 12.7. The largest absolute Gasteiger partial charge is 0.378 e. The molecule has 0 aromatic rings. The van der Waals surface area contributed by atoms with E-state index >= 15 is 0 Å². The van der Waals surface area contributed by atoms with Crippen molar-refractivity contribution >= 4 is 35.5 Å². The van der Waals surface area contributed by atoms with Crippen molar-refractivity contribution in [1.29, 1.82) is 5.26 Å². The molecule has 0 aromatic heterocycles. The number of hydrogen-bond acceptors (Lipinski definition) is 3. The molecule has 12 heavy (non-hydrogen) atoms. The van der Waals surface area contributed by atoms with E-state index in [0.717, 1.165) is 0 Å². The monoisotopic (exact) mass is 177 g/mol. The molecule has 1 saturated heterocycles. The van der Waals surface area contributed by atoms with Gasteiger partial charge < -0.3 is 9.64 Å². The van der Waals surface area contributed by atoms with E-state index in [2.05, 4.69) is 0 Å². The molecule has 0 aromatic carbocycles. The second-order valence-electron chi connectivity index (χ2n) is 2.33. The first-order valence-corrected chi connectivity index (χ1v) is 3.57. The van der Waals surface area contributed by atoms with Crippen LogP contribution >= 0.6 is 0 Å². The molecule has 0 N–H and O–H groups in total. The molecule has 0 atom stereocenters. The fourth-order valence-corrected chi connectivity index (χ4v) is 0.992. The quantitative estimate of drug-likeness (QED) is 0.501. The van der Waals surface area contributed by atoms with Crippen molar-refractivity contribution in [3.63, 3.8) is 0 Å². The van der Waals surface area contributed by atoms with Crippen LogP contribution in [0.15, 0.2) is 0 Å². The summed E-state index contributed by atoms with van der Waals surface area (Å²) in [7, 11) is 0. The molecule has 0 bridgehead atoms. The Morgan fingerprint density at radius 3 is 2.58 bits per heavy atom. The number of morpholine rings is 1. The zero-order valence-electron chi connectivity index (χ0n) is 7.25. The van der Waals surface area contributed by atoms with Gasteiger partial charge in [-0.2, -0.15) is 5.26 Å². The van der Waals surface area contributed by atoms with Crippen LogP contribution in [0.25, 0.3) is 0 Å². The molecular formula is C7H10N2NaO2. The van der Waals surface area contributed by atoms with E-state index in [9.17, 15) is 4.79 Å². The van der Waals surface area contributed by atoms with Gasteiger partial charge in [0.15, 0.2) is 0 Å². The zero-order chi connectivity index (χ0) is 8.10. The predicted molar refractivity (Wildman–Crippen MR) is 43.4 cm³/mol. The van der Waals surface area contributed by atoms with Gasteiger partial charge in [0.05, 0.1) is 19.3 Å². The van der Waals surface area contributed by atoms with Crippen LogP contribution in [0.2, 0.25) is 0 Å². The maximum absolute atomic E-state index is 11.0. The first-order chi connectivity index (χ1) is 5.34. The Hall–Kier alpha value is -0.0800. The van der Waals surface area contributed by atoms with Gasteiger partial charge >= 0.3 is 0 Å². The van der Waals surface area contributed by atoms with E-state index in [1.165, 1.54) is 0 Å². The molecule has 5 heteroatoms. The van der Waals surface area contributed by atoms with Crippen molar-refractivity contribution in [2.24, 2.45) is 0 Å². The van der Waals surface area contributed by atoms with E-state index in [-0.39, 0.29) is 41.9 Å². The first-order valence-electron chi connectivity index (χ1n) is 3.57. The number of rotatable bonds is 1. The van der Waals surface area contributed by atoms with Gasteiger partial charge in [-0.25, -0.2) is 0 Å². The van der Waals surface area contributed by atoms with Gasteiger partial charge in [-0.15, -0.1) is 0 Å². The van der Waals surface area contributed by atoms with Crippen LogP contribution in [0.1, 0.15) is 6.42 Å². The standard InChI is InChI=1S/C7H10N2O2.Na/c8-2-1-7(10)9-3-5-11-6-4-9;/h1,3-6H2;. The molecule has 1 rings (SSSR count). The number of carbonyl (C=O) groups excluding carboxylic acids is 1. The van der Waals surface area contributed by atoms with Crippen molar-refractivity contribution in [3.8, 4) is 6.07 Å². The summed E-state index contributed by atoms with van der Waals surface area (Å²) in [6, 6.07) is 1.83. The Balaban J connectivity index is 0.00000121. The van der Waals surface area contributed by atoms with Gasteiger partial charge in [0.1, 0.15) is 6.42 Å². The van der Waals surface area contributed by atoms with E-state index in [1.807, 2.05) is 6.07 Å². The molecule has 1 aliphatic heterocycles. The van der Waals surface area contributed by atoms with Gasteiger partial charge in [-0.05, 0) is 0 Å². The van der Waals surface area contributed by atoms with Crippen LogP contribution in [0.3, 0.4) is 0 Å². The summed E-state index contributed by atoms with van der Waals surface area (Å²) in [5.74, 6) is -0.0872. The van der Waals surface area contributed by atoms with Crippen LogP contribution in [0.5, 0.6) is 0 Å². The zero-order valence-corrected chi connectivity index (χ0v) is 9.25. The molecule has 1 radical (unpaired) electrons. The van der Waals surface area contributed by atoms with Crippen molar-refractivity contribution in [1.82, 2.24) is 4.90 Å². The first kappa shape index (κ1) is 11.9. The molecule has 1 aliphatic rings. The maximum Gasteiger partial charge on any atom is 0.236 e. The molecule has 0 saturated carbocycles. The minimum Gasteiger partial charge on any atom is -0.378 e. The topological polar surface area (TPSA) is 53.3 Å². The second-order valence-corrected chi connectivity index (χ2v) is 2.33. The van der Waals surface area contributed by atoms with E-state index in [0.29, 0.717) is 26.3 Å². The fraction of sp³-hybridized carbons (Fsp3) is 0.714. The Labute approximate surface area is 93.8 Å². The number of nitrogens with zero attached hydrogens (tertiary/aromatic N) is 2. The Bertz CT molecular complexity index is 184. The summed E-state index contributed by atoms with van der Waals surface area (Å²) in [6.07, 6.45) is -0.0139. The van der Waals surface area contributed by atoms with E-state index < -0.39 is 0 Å². The summed E-state index contributed by atoms with van der Waals surface area (Å²) < 4.78 is 5.05. The number of carbonyl (C=O) groups is 1. The van der Waals surface area contributed by atoms with Crippen molar-refractivity contribution in [3.05, 3.63) is 0 Å². The molecule has 4 nitrogen and oxygen atoms in total. The number of ether oxygens (including phenoxy) is 1. The molecule has 1 amide bonds. The average molecular weight is 177 g/mol. The van der Waals surface area contributed by atoms with Gasteiger partial charge in [0.25, 0.3) is 0 Å². The smallest absolute Gasteiger partial charge is 0.236 e. The Kier molecular flexibility index (Phi) is 6.39. The SMILES string of the molecule is N#CCC(=O)N1CCOCC1.[Na].